The summed E-state index contributed by atoms with van der Waals surface area (Å²) in [7, 11) is 1.49. The molecule has 1 N–H and O–H groups in total. The summed E-state index contributed by atoms with van der Waals surface area (Å²) in [5, 5.41) is 9.19. The van der Waals surface area contributed by atoms with Crippen LogP contribution < -0.4 is 5.32 Å². The first-order chi connectivity index (χ1) is 9.70. The topological polar surface area (TPSA) is 73.0 Å². The molecule has 0 fully saturated rings. The minimum Gasteiger partial charge on any atom is -0.361 e. The van der Waals surface area contributed by atoms with Crippen molar-refractivity contribution in [2.24, 2.45) is 7.05 Å². The first-order valence-corrected chi connectivity index (χ1v) is 5.99. The normalized spacial score (nSPS) is 13.2. The Hall–Kier alpha value is -2.32. The van der Waals surface area contributed by atoms with Gasteiger partial charge in [-0.2, -0.15) is 18.3 Å². The third kappa shape index (κ3) is 3.06. The lowest BCUT2D eigenvalue weighted by atomic mass is 10.1. The van der Waals surface area contributed by atoms with E-state index >= 15 is 0 Å². The predicted octanol–water partition coefficient (Wildman–Crippen LogP) is 2.06. The van der Waals surface area contributed by atoms with Crippen LogP contribution in [-0.2, 0) is 7.05 Å². The molecule has 0 radical (unpaired) electrons. The molecule has 1 unspecified atom stereocenters. The number of aromatic nitrogens is 3. The van der Waals surface area contributed by atoms with E-state index in [1.54, 1.807) is 0 Å². The maximum Gasteiger partial charge on any atom is 0.413 e. The minimum atomic E-state index is -4.64. The lowest BCUT2D eigenvalue weighted by molar-refractivity contribution is -0.155. The number of hydrogen-bond donors (Lipinski definition) is 1. The molecule has 0 saturated heterocycles. The van der Waals surface area contributed by atoms with Crippen LogP contribution in [0.1, 0.15) is 33.4 Å². The molecule has 21 heavy (non-hydrogen) atoms. The zero-order valence-electron chi connectivity index (χ0n) is 11.5. The van der Waals surface area contributed by atoms with Crippen LogP contribution in [0.4, 0.5) is 13.2 Å². The lowest BCUT2D eigenvalue weighted by Crippen LogP contribution is -2.38. The average Bonchev–Trinajstić information content (AvgIpc) is 2.91. The molecule has 6 nitrogen and oxygen atoms in total. The molecule has 2 aromatic heterocycles. The van der Waals surface area contributed by atoms with E-state index in [1.807, 2.05) is 5.32 Å². The first kappa shape index (κ1) is 15.1. The Bertz CT molecular complexity index is 640. The van der Waals surface area contributed by atoms with Crippen LogP contribution in [-0.4, -0.2) is 27.0 Å². The molecule has 2 heterocycles. The average molecular weight is 302 g/mol. The van der Waals surface area contributed by atoms with E-state index in [1.165, 1.54) is 31.8 Å². The molecule has 9 heteroatoms. The lowest BCUT2D eigenvalue weighted by Gasteiger charge is -2.20. The Labute approximate surface area is 117 Å². The van der Waals surface area contributed by atoms with Crippen LogP contribution >= 0.6 is 0 Å². The van der Waals surface area contributed by atoms with Crippen LogP contribution in [0.3, 0.4) is 0 Å². The van der Waals surface area contributed by atoms with E-state index < -0.39 is 18.1 Å². The minimum absolute atomic E-state index is 0.00754. The van der Waals surface area contributed by atoms with E-state index in [4.69, 9.17) is 4.52 Å². The summed E-state index contributed by atoms with van der Waals surface area (Å²) < 4.78 is 45.4. The second kappa shape index (κ2) is 5.23. The second-order valence-corrected chi connectivity index (χ2v) is 4.59. The van der Waals surface area contributed by atoms with Gasteiger partial charge in [-0.1, -0.05) is 5.16 Å². The zero-order valence-corrected chi connectivity index (χ0v) is 11.5. The van der Waals surface area contributed by atoms with Gasteiger partial charge in [0.15, 0.2) is 6.04 Å². The van der Waals surface area contributed by atoms with Gasteiger partial charge in [0.1, 0.15) is 11.3 Å². The van der Waals surface area contributed by atoms with Gasteiger partial charge < -0.3 is 9.84 Å². The highest BCUT2D eigenvalue weighted by molar-refractivity contribution is 5.96. The third-order valence-corrected chi connectivity index (χ3v) is 2.92. The third-order valence-electron chi connectivity index (χ3n) is 2.92. The second-order valence-electron chi connectivity index (χ2n) is 4.59. The Morgan fingerprint density at radius 2 is 2.10 bits per heavy atom. The molecule has 0 spiro atoms. The fourth-order valence-corrected chi connectivity index (χ4v) is 1.95. The molecule has 0 aliphatic heterocycles. The molecule has 0 aliphatic rings. The van der Waals surface area contributed by atoms with Crippen molar-refractivity contribution < 1.29 is 22.5 Å². The summed E-state index contributed by atoms with van der Waals surface area (Å²) in [6, 6.07) is -2.15. The molecule has 2 aromatic rings. The van der Waals surface area contributed by atoms with E-state index in [0.717, 1.165) is 6.20 Å². The number of hydrogen-bond acceptors (Lipinski definition) is 4. The number of amides is 1. The van der Waals surface area contributed by atoms with Crippen molar-refractivity contribution in [2.45, 2.75) is 26.1 Å². The van der Waals surface area contributed by atoms with Gasteiger partial charge in [0.05, 0.1) is 11.9 Å². The number of aryl methyl sites for hydroxylation is 3. The number of nitrogens with zero attached hydrogens (tertiary/aromatic N) is 3. The molecule has 114 valence electrons. The van der Waals surface area contributed by atoms with E-state index in [9.17, 15) is 18.0 Å². The number of alkyl halides is 3. The smallest absolute Gasteiger partial charge is 0.361 e. The Kier molecular flexibility index (Phi) is 3.75. The van der Waals surface area contributed by atoms with Gasteiger partial charge in [0.2, 0.25) is 0 Å². The van der Waals surface area contributed by atoms with Crippen molar-refractivity contribution in [3.8, 4) is 0 Å². The van der Waals surface area contributed by atoms with Gasteiger partial charge in [-0.25, -0.2) is 0 Å². The molecule has 1 amide bonds. The molecule has 0 bridgehead atoms. The first-order valence-electron chi connectivity index (χ1n) is 5.99. The Morgan fingerprint density at radius 3 is 2.52 bits per heavy atom. The van der Waals surface area contributed by atoms with Gasteiger partial charge in [0.25, 0.3) is 5.91 Å². The number of rotatable bonds is 3. The zero-order chi connectivity index (χ0) is 15.8. The molecular weight excluding hydrogens is 289 g/mol. The highest BCUT2D eigenvalue weighted by atomic mass is 19.4. The van der Waals surface area contributed by atoms with Crippen LogP contribution in [0.25, 0.3) is 0 Å². The number of carbonyl (C=O) groups is 1. The molecule has 0 saturated carbocycles. The summed E-state index contributed by atoms with van der Waals surface area (Å²) in [5.41, 5.74) is 0.0929. The van der Waals surface area contributed by atoms with Crippen LogP contribution in [0.15, 0.2) is 16.9 Å². The van der Waals surface area contributed by atoms with Crippen molar-refractivity contribution in [3.05, 3.63) is 35.0 Å². The number of carbonyl (C=O) groups excluding carboxylic acids is 1. The van der Waals surface area contributed by atoms with Crippen LogP contribution in [0.2, 0.25) is 0 Å². The Morgan fingerprint density at radius 1 is 1.43 bits per heavy atom. The highest BCUT2D eigenvalue weighted by Crippen LogP contribution is 2.32. The highest BCUT2D eigenvalue weighted by Gasteiger charge is 2.43. The molecule has 1 atom stereocenters. The summed E-state index contributed by atoms with van der Waals surface area (Å²) in [6.07, 6.45) is -2.38. The summed E-state index contributed by atoms with van der Waals surface area (Å²) in [5.74, 6) is -0.727. The molecule has 0 aromatic carbocycles. The van der Waals surface area contributed by atoms with Crippen molar-refractivity contribution in [1.29, 1.82) is 0 Å². The quantitative estimate of drug-likeness (QED) is 0.942. The fraction of sp³-hybridized carbons (Fsp3) is 0.417. The number of halogens is 3. The van der Waals surface area contributed by atoms with Gasteiger partial charge in [-0.3, -0.25) is 9.48 Å². The molecular formula is C12H13F3N4O2. The van der Waals surface area contributed by atoms with E-state index in [0.29, 0.717) is 0 Å². The Balaban J connectivity index is 2.30. The van der Waals surface area contributed by atoms with Crippen molar-refractivity contribution in [3.63, 3.8) is 0 Å². The predicted molar refractivity (Wildman–Crippen MR) is 65.4 cm³/mol. The molecule has 2 rings (SSSR count). The summed E-state index contributed by atoms with van der Waals surface area (Å²) >= 11 is 0. The van der Waals surface area contributed by atoms with Crippen LogP contribution in [0.5, 0.6) is 0 Å². The summed E-state index contributed by atoms with van der Waals surface area (Å²) in [6.45, 7) is 2.94. The molecule has 0 aliphatic carbocycles. The van der Waals surface area contributed by atoms with Crippen LogP contribution in [0, 0.1) is 13.8 Å². The largest absolute Gasteiger partial charge is 0.413 e. The van der Waals surface area contributed by atoms with Gasteiger partial charge in [-0.15, -0.1) is 0 Å². The van der Waals surface area contributed by atoms with Gasteiger partial charge >= 0.3 is 6.18 Å². The standard InChI is InChI=1S/C12H13F3N4O2/c1-6-9(7(2)21-18-6)11(20)17-10(12(13,14)15)8-4-16-19(3)5-8/h4-5,10H,1-3H3,(H,17,20). The SMILES string of the molecule is Cc1noc(C)c1C(=O)NC(c1cnn(C)c1)C(F)(F)F. The maximum absolute atomic E-state index is 13.1. The maximum atomic E-state index is 13.1. The van der Waals surface area contributed by atoms with E-state index in [-0.39, 0.29) is 22.6 Å². The number of nitrogens with one attached hydrogen (secondary N) is 1. The van der Waals surface area contributed by atoms with Crippen molar-refractivity contribution in [2.75, 3.05) is 0 Å². The summed E-state index contributed by atoms with van der Waals surface area (Å²) in [4.78, 5) is 12.0. The van der Waals surface area contributed by atoms with Crippen molar-refractivity contribution in [1.82, 2.24) is 20.3 Å². The fourth-order valence-electron chi connectivity index (χ4n) is 1.95. The van der Waals surface area contributed by atoms with Gasteiger partial charge in [-0.05, 0) is 13.8 Å². The van der Waals surface area contributed by atoms with Gasteiger partial charge in [0, 0.05) is 18.8 Å². The van der Waals surface area contributed by atoms with Crippen molar-refractivity contribution >= 4 is 5.91 Å². The van der Waals surface area contributed by atoms with E-state index in [2.05, 4.69) is 10.3 Å². The monoisotopic (exact) mass is 302 g/mol.